The van der Waals surface area contributed by atoms with Gasteiger partial charge in [0.1, 0.15) is 6.21 Å². The molecule has 0 aliphatic rings. The molecule has 0 aromatic rings. The Bertz CT molecular complexity index is 127. The number of nitrogens with zero attached hydrogens (tertiary/aromatic N) is 1. The second-order valence-electron chi connectivity index (χ2n) is 1.84. The summed E-state index contributed by atoms with van der Waals surface area (Å²) in [5.41, 5.74) is 0. The predicted octanol–water partition coefficient (Wildman–Crippen LogP) is -3.10. The standard InChI is InChI=1S/C5H9NO2S.ClH/c1-9(2)4-5(7)3-6-8;/h3H,4H2,1-2H3;1H. The summed E-state index contributed by atoms with van der Waals surface area (Å²) in [6, 6.07) is 0. The van der Waals surface area contributed by atoms with E-state index >= 15 is 0 Å². The zero-order chi connectivity index (χ0) is 7.28. The Labute approximate surface area is 69.2 Å². The fraction of sp³-hybridized carbons (Fsp3) is 0.600. The molecular formula is C5H10ClNO2S. The van der Waals surface area contributed by atoms with Crippen molar-refractivity contribution in [1.82, 2.24) is 0 Å². The molecule has 0 aromatic carbocycles. The Kier molecular flexibility index (Phi) is 8.59. The van der Waals surface area contributed by atoms with Gasteiger partial charge in [-0.15, -0.1) is 0 Å². The molecule has 0 unspecified atom stereocenters. The number of rotatable bonds is 3. The average Bonchev–Trinajstić information content (AvgIpc) is 1.63. The molecule has 1 N–H and O–H groups in total. The summed E-state index contributed by atoms with van der Waals surface area (Å²) in [6.45, 7) is 0. The first-order valence-corrected chi connectivity index (χ1v) is 4.62. The maximum atomic E-state index is 10.6. The van der Waals surface area contributed by atoms with Crippen LogP contribution in [0.3, 0.4) is 0 Å². The lowest BCUT2D eigenvalue weighted by Crippen LogP contribution is -3.00. The number of carbonyl (C=O) groups excluding carboxylic acids is 1. The molecule has 0 saturated carbocycles. The molecule has 0 saturated heterocycles. The number of hydrogen-bond donors (Lipinski definition) is 1. The Hall–Kier alpha value is -0.220. The highest BCUT2D eigenvalue weighted by molar-refractivity contribution is 7.96. The first-order valence-electron chi connectivity index (χ1n) is 2.41. The SMILES string of the molecule is C[S+](C)CC(=O)/C=N/O.[Cl-]. The topological polar surface area (TPSA) is 49.7 Å². The van der Waals surface area contributed by atoms with Crippen LogP contribution in [0.4, 0.5) is 0 Å². The number of oxime groups is 1. The summed E-state index contributed by atoms with van der Waals surface area (Å²) in [6.07, 6.45) is 4.86. The van der Waals surface area contributed by atoms with Crippen LogP contribution in [0.1, 0.15) is 0 Å². The predicted molar refractivity (Wildman–Crippen MR) is 39.4 cm³/mol. The molecule has 5 heteroatoms. The van der Waals surface area contributed by atoms with Gasteiger partial charge in [-0.2, -0.15) is 0 Å². The second kappa shape index (κ2) is 6.89. The van der Waals surface area contributed by atoms with E-state index in [0.29, 0.717) is 5.75 Å². The van der Waals surface area contributed by atoms with Gasteiger partial charge in [-0.05, 0) is 10.9 Å². The third kappa shape index (κ3) is 7.78. The molecule has 0 amide bonds. The van der Waals surface area contributed by atoms with Crippen LogP contribution >= 0.6 is 0 Å². The van der Waals surface area contributed by atoms with Crippen molar-refractivity contribution >= 4 is 22.9 Å². The van der Waals surface area contributed by atoms with Crippen molar-refractivity contribution < 1.29 is 22.4 Å². The number of carbonyl (C=O) groups is 1. The Balaban J connectivity index is 0. The van der Waals surface area contributed by atoms with Crippen molar-refractivity contribution in [2.45, 2.75) is 0 Å². The van der Waals surface area contributed by atoms with Crippen molar-refractivity contribution in [1.29, 1.82) is 0 Å². The molecule has 0 bridgehead atoms. The highest BCUT2D eigenvalue weighted by Gasteiger charge is 2.08. The van der Waals surface area contributed by atoms with Crippen molar-refractivity contribution in [3.63, 3.8) is 0 Å². The molecule has 0 aliphatic heterocycles. The Morgan fingerprint density at radius 3 is 2.50 bits per heavy atom. The zero-order valence-electron chi connectivity index (χ0n) is 5.87. The Morgan fingerprint density at radius 2 is 2.20 bits per heavy atom. The lowest BCUT2D eigenvalue weighted by atomic mass is 10.5. The number of hydrogen-bond acceptors (Lipinski definition) is 3. The van der Waals surface area contributed by atoms with Crippen LogP contribution in [0.5, 0.6) is 0 Å². The van der Waals surface area contributed by atoms with Crippen LogP contribution in [0.25, 0.3) is 0 Å². The van der Waals surface area contributed by atoms with E-state index in [-0.39, 0.29) is 29.1 Å². The van der Waals surface area contributed by atoms with E-state index in [0.717, 1.165) is 6.21 Å². The molecular weight excluding hydrogens is 174 g/mol. The Morgan fingerprint density at radius 1 is 1.70 bits per heavy atom. The first kappa shape index (κ1) is 12.5. The van der Waals surface area contributed by atoms with Crippen molar-refractivity contribution in [3.05, 3.63) is 0 Å². The average molecular weight is 184 g/mol. The minimum atomic E-state index is -0.120. The monoisotopic (exact) mass is 183 g/mol. The molecule has 10 heavy (non-hydrogen) atoms. The first-order chi connectivity index (χ1) is 4.16. The largest absolute Gasteiger partial charge is 1.00 e. The molecule has 0 atom stereocenters. The molecule has 0 heterocycles. The van der Waals surface area contributed by atoms with E-state index in [1.165, 1.54) is 0 Å². The van der Waals surface area contributed by atoms with Gasteiger partial charge in [-0.25, -0.2) is 0 Å². The fourth-order valence-electron chi connectivity index (χ4n) is 0.386. The van der Waals surface area contributed by atoms with E-state index in [9.17, 15) is 4.79 Å². The molecule has 3 nitrogen and oxygen atoms in total. The van der Waals surface area contributed by atoms with Crippen LogP contribution in [0.15, 0.2) is 5.16 Å². The second-order valence-corrected chi connectivity index (χ2v) is 4.10. The molecule has 0 radical (unpaired) electrons. The number of Topliss-reactive ketones (excluding diaryl/α,β-unsaturated/α-hetero) is 1. The summed E-state index contributed by atoms with van der Waals surface area (Å²) in [4.78, 5) is 10.6. The van der Waals surface area contributed by atoms with Crippen molar-refractivity contribution in [3.8, 4) is 0 Å². The van der Waals surface area contributed by atoms with Crippen LogP contribution in [-0.4, -0.2) is 35.5 Å². The maximum absolute atomic E-state index is 10.6. The summed E-state index contributed by atoms with van der Waals surface area (Å²) in [5, 5.41) is 10.5. The summed E-state index contributed by atoms with van der Waals surface area (Å²) < 4.78 is 0. The molecule has 0 spiro atoms. The zero-order valence-corrected chi connectivity index (χ0v) is 7.45. The quantitative estimate of drug-likeness (QED) is 0.218. The van der Waals surface area contributed by atoms with Crippen LogP contribution < -0.4 is 12.4 Å². The lowest BCUT2D eigenvalue weighted by Gasteiger charge is -1.88. The van der Waals surface area contributed by atoms with Crippen LogP contribution in [0.2, 0.25) is 0 Å². The van der Waals surface area contributed by atoms with Gasteiger partial charge in [-0.1, -0.05) is 5.16 Å². The highest BCUT2D eigenvalue weighted by Crippen LogP contribution is 1.82. The van der Waals surface area contributed by atoms with Gasteiger partial charge in [0, 0.05) is 0 Å². The fourth-order valence-corrected chi connectivity index (χ4v) is 1.03. The maximum Gasteiger partial charge on any atom is 0.226 e. The van der Waals surface area contributed by atoms with E-state index < -0.39 is 0 Å². The van der Waals surface area contributed by atoms with Gasteiger partial charge in [-0.3, -0.25) is 4.79 Å². The van der Waals surface area contributed by atoms with Crippen LogP contribution in [0, 0.1) is 0 Å². The molecule has 0 aliphatic carbocycles. The van der Waals surface area contributed by atoms with Gasteiger partial charge in [0.2, 0.25) is 5.78 Å². The number of halogens is 1. The van der Waals surface area contributed by atoms with Crippen LogP contribution in [-0.2, 0) is 15.7 Å². The van der Waals surface area contributed by atoms with Crippen molar-refractivity contribution in [2.75, 3.05) is 18.3 Å². The minimum Gasteiger partial charge on any atom is -1.00 e. The van der Waals surface area contributed by atoms with E-state index in [4.69, 9.17) is 5.21 Å². The third-order valence-electron chi connectivity index (χ3n) is 0.633. The highest BCUT2D eigenvalue weighted by atomic mass is 35.5. The summed E-state index contributed by atoms with van der Waals surface area (Å²) in [7, 11) is 0.101. The molecule has 60 valence electrons. The van der Waals surface area contributed by atoms with Gasteiger partial charge in [0.25, 0.3) is 0 Å². The van der Waals surface area contributed by atoms with Gasteiger partial charge >= 0.3 is 0 Å². The minimum absolute atomic E-state index is 0. The number of ketones is 1. The van der Waals surface area contributed by atoms with Gasteiger partial charge < -0.3 is 17.6 Å². The van der Waals surface area contributed by atoms with E-state index in [1.807, 2.05) is 12.5 Å². The summed E-state index contributed by atoms with van der Waals surface area (Å²) in [5.74, 6) is 0.357. The van der Waals surface area contributed by atoms with Gasteiger partial charge in [0.15, 0.2) is 5.75 Å². The van der Waals surface area contributed by atoms with E-state index in [2.05, 4.69) is 5.16 Å². The van der Waals surface area contributed by atoms with E-state index in [1.54, 1.807) is 0 Å². The lowest BCUT2D eigenvalue weighted by molar-refractivity contribution is -0.110. The molecule has 0 fully saturated rings. The molecule has 0 aromatic heterocycles. The normalized spacial score (nSPS) is 9.90. The molecule has 0 rings (SSSR count). The summed E-state index contributed by atoms with van der Waals surface area (Å²) >= 11 is 0. The third-order valence-corrected chi connectivity index (χ3v) is 1.49. The smallest absolute Gasteiger partial charge is 0.226 e. The van der Waals surface area contributed by atoms with Gasteiger partial charge in [0.05, 0.1) is 12.5 Å². The van der Waals surface area contributed by atoms with Crippen molar-refractivity contribution in [2.24, 2.45) is 5.16 Å².